The zero-order valence-electron chi connectivity index (χ0n) is 21.1. The van der Waals surface area contributed by atoms with Gasteiger partial charge in [-0.25, -0.2) is 0 Å². The Kier molecular flexibility index (Phi) is 7.80. The maximum absolute atomic E-state index is 2.31. The van der Waals surface area contributed by atoms with E-state index in [0.29, 0.717) is 0 Å². The summed E-state index contributed by atoms with van der Waals surface area (Å²) < 4.78 is 0. The fourth-order valence-electron chi connectivity index (χ4n) is 4.12. The van der Waals surface area contributed by atoms with Crippen LogP contribution in [0, 0.1) is 13.8 Å². The highest BCUT2D eigenvalue weighted by molar-refractivity contribution is 5.81. The van der Waals surface area contributed by atoms with Crippen molar-refractivity contribution in [1.82, 2.24) is 0 Å². The van der Waals surface area contributed by atoms with Crippen molar-refractivity contribution in [3.63, 3.8) is 0 Å². The topological polar surface area (TPSA) is 3.24 Å². The van der Waals surface area contributed by atoms with Gasteiger partial charge in [0.1, 0.15) is 0 Å². The second kappa shape index (κ2) is 11.4. The third kappa shape index (κ3) is 6.28. The highest BCUT2D eigenvalue weighted by Crippen LogP contribution is 2.30. The smallest absolute Gasteiger partial charge is 0.0458 e. The van der Waals surface area contributed by atoms with Crippen molar-refractivity contribution in [2.45, 2.75) is 27.7 Å². The van der Waals surface area contributed by atoms with Crippen molar-refractivity contribution in [1.29, 1.82) is 0 Å². The van der Waals surface area contributed by atoms with E-state index in [0.717, 1.165) is 17.1 Å². The van der Waals surface area contributed by atoms with Gasteiger partial charge < -0.3 is 4.90 Å². The van der Waals surface area contributed by atoms with Gasteiger partial charge in [-0.05, 0) is 74.7 Å². The summed E-state index contributed by atoms with van der Waals surface area (Å²) in [6.45, 7) is 8.58. The monoisotopic (exact) mass is 455 g/mol. The maximum atomic E-state index is 2.31. The van der Waals surface area contributed by atoms with Crippen molar-refractivity contribution >= 4 is 16.9 Å². The summed E-state index contributed by atoms with van der Waals surface area (Å²) in [6, 6.07) is 38.6. The van der Waals surface area contributed by atoms with E-state index in [4.69, 9.17) is 0 Å². The summed E-state index contributed by atoms with van der Waals surface area (Å²) in [6.07, 6.45) is 6.69. The van der Waals surface area contributed by atoms with Crippen LogP contribution in [0.4, 0.5) is 11.4 Å². The van der Waals surface area contributed by atoms with Crippen molar-refractivity contribution in [2.24, 2.45) is 0 Å². The van der Waals surface area contributed by atoms with Crippen LogP contribution >= 0.6 is 0 Å². The van der Waals surface area contributed by atoms with Crippen LogP contribution in [0.3, 0.4) is 0 Å². The Morgan fingerprint density at radius 2 is 0.971 bits per heavy atom. The maximum Gasteiger partial charge on any atom is 0.0458 e. The SMILES string of the molecule is CC(=CC=C(C)N(c1ccc(C)cc1)c1ccc(C)cc1)C=C(c1ccccc1)c1ccccc1. The number of hydrogen-bond donors (Lipinski definition) is 0. The molecule has 0 aliphatic rings. The molecule has 4 rings (SSSR count). The zero-order chi connectivity index (χ0) is 24.6. The predicted molar refractivity (Wildman–Crippen MR) is 152 cm³/mol. The minimum Gasteiger partial charge on any atom is -0.315 e. The summed E-state index contributed by atoms with van der Waals surface area (Å²) in [5.74, 6) is 0. The van der Waals surface area contributed by atoms with Crippen LogP contribution in [0.15, 0.2) is 139 Å². The van der Waals surface area contributed by atoms with E-state index in [2.05, 4.69) is 160 Å². The average Bonchev–Trinajstić information content (AvgIpc) is 2.89. The molecule has 0 atom stereocenters. The molecule has 1 nitrogen and oxygen atoms in total. The molecule has 0 aliphatic heterocycles. The molecule has 0 unspecified atom stereocenters. The van der Waals surface area contributed by atoms with Gasteiger partial charge in [-0.2, -0.15) is 0 Å². The molecule has 0 heterocycles. The van der Waals surface area contributed by atoms with Crippen molar-refractivity contribution < 1.29 is 0 Å². The summed E-state index contributed by atoms with van der Waals surface area (Å²) in [7, 11) is 0. The average molecular weight is 456 g/mol. The molecule has 35 heavy (non-hydrogen) atoms. The summed E-state index contributed by atoms with van der Waals surface area (Å²) in [4.78, 5) is 2.31. The third-order valence-electron chi connectivity index (χ3n) is 6.07. The molecule has 0 radical (unpaired) electrons. The molecule has 4 aromatic carbocycles. The molecule has 1 heteroatoms. The molecule has 174 valence electrons. The van der Waals surface area contributed by atoms with Gasteiger partial charge in [-0.1, -0.05) is 114 Å². The minimum absolute atomic E-state index is 1.16. The summed E-state index contributed by atoms with van der Waals surface area (Å²) >= 11 is 0. The fourth-order valence-corrected chi connectivity index (χ4v) is 4.12. The first-order valence-electron chi connectivity index (χ1n) is 12.1. The van der Waals surface area contributed by atoms with E-state index >= 15 is 0 Å². The van der Waals surface area contributed by atoms with Gasteiger partial charge in [0.25, 0.3) is 0 Å². The Morgan fingerprint density at radius 1 is 0.543 bits per heavy atom. The first kappa shape index (κ1) is 24.0. The van der Waals surface area contributed by atoms with E-state index in [1.807, 2.05) is 0 Å². The van der Waals surface area contributed by atoms with Gasteiger partial charge in [0.15, 0.2) is 0 Å². The number of hydrogen-bond acceptors (Lipinski definition) is 1. The molecule has 0 amide bonds. The Labute approximate surface area is 210 Å². The lowest BCUT2D eigenvalue weighted by Crippen LogP contribution is -2.14. The largest absolute Gasteiger partial charge is 0.315 e. The fraction of sp³-hybridized carbons (Fsp3) is 0.118. The molecule has 0 spiro atoms. The highest BCUT2D eigenvalue weighted by atomic mass is 15.1. The second-order valence-corrected chi connectivity index (χ2v) is 9.02. The quantitative estimate of drug-likeness (QED) is 0.251. The number of nitrogens with zero attached hydrogens (tertiary/aromatic N) is 1. The summed E-state index contributed by atoms with van der Waals surface area (Å²) in [5.41, 5.74) is 10.8. The molecular formula is C34H33N. The number of aryl methyl sites for hydroxylation is 2. The number of rotatable bonds is 7. The van der Waals surface area contributed by atoms with Crippen molar-refractivity contribution in [3.8, 4) is 0 Å². The molecule has 4 aromatic rings. The molecule has 0 aliphatic carbocycles. The Morgan fingerprint density at radius 3 is 1.40 bits per heavy atom. The Hall–Kier alpha value is -4.10. The van der Waals surface area contributed by atoms with Crippen LogP contribution in [0.5, 0.6) is 0 Å². The van der Waals surface area contributed by atoms with Gasteiger partial charge in [0.2, 0.25) is 0 Å². The minimum atomic E-state index is 1.16. The standard InChI is InChI=1S/C34H33N/c1-26-16-21-32(22-17-26)35(33-23-18-27(2)19-24-33)29(4)20-15-28(3)25-34(30-11-7-5-8-12-30)31-13-9-6-10-14-31/h5-25H,1-4H3. The van der Waals surface area contributed by atoms with Crippen LogP contribution in [0.25, 0.3) is 5.57 Å². The van der Waals surface area contributed by atoms with Gasteiger partial charge >= 0.3 is 0 Å². The first-order chi connectivity index (χ1) is 17.0. The van der Waals surface area contributed by atoms with E-state index in [9.17, 15) is 0 Å². The van der Waals surface area contributed by atoms with Crippen LogP contribution in [-0.2, 0) is 0 Å². The molecule has 0 saturated heterocycles. The van der Waals surface area contributed by atoms with Crippen LogP contribution in [0.2, 0.25) is 0 Å². The van der Waals surface area contributed by atoms with E-state index in [1.54, 1.807) is 0 Å². The van der Waals surface area contributed by atoms with Crippen LogP contribution < -0.4 is 4.90 Å². The van der Waals surface area contributed by atoms with Gasteiger partial charge in [0.05, 0.1) is 0 Å². The lowest BCUT2D eigenvalue weighted by atomic mass is 9.96. The molecule has 0 fully saturated rings. The van der Waals surface area contributed by atoms with Gasteiger partial charge in [-0.3, -0.25) is 0 Å². The lowest BCUT2D eigenvalue weighted by Gasteiger charge is -2.26. The molecule has 0 saturated carbocycles. The predicted octanol–water partition coefficient (Wildman–Crippen LogP) is 9.42. The zero-order valence-corrected chi connectivity index (χ0v) is 21.1. The number of benzene rings is 4. The third-order valence-corrected chi connectivity index (χ3v) is 6.07. The number of anilines is 2. The van der Waals surface area contributed by atoms with Gasteiger partial charge in [-0.15, -0.1) is 0 Å². The van der Waals surface area contributed by atoms with Crippen LogP contribution in [-0.4, -0.2) is 0 Å². The van der Waals surface area contributed by atoms with E-state index in [-0.39, 0.29) is 0 Å². The second-order valence-electron chi connectivity index (χ2n) is 9.02. The van der Waals surface area contributed by atoms with Gasteiger partial charge in [0, 0.05) is 17.1 Å². The normalized spacial score (nSPS) is 11.8. The first-order valence-corrected chi connectivity index (χ1v) is 12.1. The Balaban J connectivity index is 1.71. The molecule has 0 bridgehead atoms. The van der Waals surface area contributed by atoms with E-state index < -0.39 is 0 Å². The molecule has 0 aromatic heterocycles. The van der Waals surface area contributed by atoms with Crippen molar-refractivity contribution in [3.05, 3.63) is 161 Å². The lowest BCUT2D eigenvalue weighted by molar-refractivity contribution is 1.15. The van der Waals surface area contributed by atoms with Crippen LogP contribution in [0.1, 0.15) is 36.1 Å². The van der Waals surface area contributed by atoms with E-state index in [1.165, 1.54) is 33.4 Å². The number of allylic oxidation sites excluding steroid dienone is 5. The molecular weight excluding hydrogens is 422 g/mol. The Bertz CT molecular complexity index is 1240. The summed E-state index contributed by atoms with van der Waals surface area (Å²) in [5, 5.41) is 0. The molecule has 0 N–H and O–H groups in total. The van der Waals surface area contributed by atoms with Crippen molar-refractivity contribution in [2.75, 3.05) is 4.90 Å². The highest BCUT2D eigenvalue weighted by Gasteiger charge is 2.11.